The molecule has 7 nitrogen and oxygen atoms in total. The Labute approximate surface area is 142 Å². The van der Waals surface area contributed by atoms with Crippen molar-refractivity contribution in [3.05, 3.63) is 59.3 Å². The van der Waals surface area contributed by atoms with E-state index in [-0.39, 0.29) is 11.7 Å². The Kier molecular flexibility index (Phi) is 3.72. The summed E-state index contributed by atoms with van der Waals surface area (Å²) in [6, 6.07) is 6.33. The van der Waals surface area contributed by atoms with Crippen LogP contribution in [0.4, 0.5) is 4.39 Å². The Bertz CT molecular complexity index is 1050. The highest BCUT2D eigenvalue weighted by atomic mass is 19.1. The van der Waals surface area contributed by atoms with Crippen LogP contribution < -0.4 is 0 Å². The first kappa shape index (κ1) is 15.4. The molecule has 0 aliphatic rings. The third kappa shape index (κ3) is 2.75. The Balaban J connectivity index is 1.58. The Morgan fingerprint density at radius 3 is 2.80 bits per heavy atom. The van der Waals surface area contributed by atoms with Crippen molar-refractivity contribution in [2.24, 2.45) is 0 Å². The number of aromatic nitrogens is 6. The Hall–Kier alpha value is -3.16. The van der Waals surface area contributed by atoms with Crippen LogP contribution in [-0.2, 0) is 12.8 Å². The molecule has 0 fully saturated rings. The largest absolute Gasteiger partial charge is 0.421 e. The molecule has 0 bridgehead atoms. The molecule has 0 radical (unpaired) electrons. The van der Waals surface area contributed by atoms with Gasteiger partial charge >= 0.3 is 0 Å². The summed E-state index contributed by atoms with van der Waals surface area (Å²) >= 11 is 0. The van der Waals surface area contributed by atoms with E-state index in [2.05, 4.69) is 25.3 Å². The molecule has 0 unspecified atom stereocenters. The zero-order valence-corrected chi connectivity index (χ0v) is 13.8. The van der Waals surface area contributed by atoms with E-state index in [0.717, 1.165) is 17.0 Å². The molecule has 3 heterocycles. The van der Waals surface area contributed by atoms with Gasteiger partial charge in [-0.25, -0.2) is 13.9 Å². The molecule has 0 N–H and O–H groups in total. The van der Waals surface area contributed by atoms with E-state index in [1.165, 1.54) is 12.4 Å². The van der Waals surface area contributed by atoms with Gasteiger partial charge in [-0.05, 0) is 38.0 Å². The highest BCUT2D eigenvalue weighted by molar-refractivity contribution is 5.53. The number of rotatable bonds is 4. The number of nitrogens with zero attached hydrogens (tertiary/aromatic N) is 6. The molecule has 4 rings (SSSR count). The summed E-state index contributed by atoms with van der Waals surface area (Å²) in [6.45, 7) is 3.92. The maximum atomic E-state index is 13.8. The lowest BCUT2D eigenvalue weighted by molar-refractivity contribution is 0.499. The van der Waals surface area contributed by atoms with Crippen molar-refractivity contribution in [3.8, 4) is 11.5 Å². The fourth-order valence-corrected chi connectivity index (χ4v) is 2.85. The van der Waals surface area contributed by atoms with Gasteiger partial charge in [-0.3, -0.25) is 0 Å². The number of benzene rings is 1. The molecule has 25 heavy (non-hydrogen) atoms. The van der Waals surface area contributed by atoms with Gasteiger partial charge in [0.15, 0.2) is 0 Å². The van der Waals surface area contributed by atoms with E-state index < -0.39 is 0 Å². The number of fused-ring (bicyclic) bond motifs is 1. The first-order chi connectivity index (χ1) is 12.1. The average molecular weight is 338 g/mol. The fourth-order valence-electron chi connectivity index (χ4n) is 2.85. The number of hydrogen-bond donors (Lipinski definition) is 0. The molecule has 0 saturated carbocycles. The molecular formula is C17H15FN6O. The van der Waals surface area contributed by atoms with Crippen molar-refractivity contribution >= 4 is 5.78 Å². The van der Waals surface area contributed by atoms with Gasteiger partial charge in [-0.15, -0.1) is 10.2 Å². The van der Waals surface area contributed by atoms with Crippen LogP contribution in [0.25, 0.3) is 17.2 Å². The maximum Gasteiger partial charge on any atom is 0.252 e. The minimum atomic E-state index is -0.384. The SMILES string of the molecule is Cc1nc2ncnn2c(C)c1CCc1nnc(-c2ccccc2F)o1. The minimum Gasteiger partial charge on any atom is -0.421 e. The Morgan fingerprint density at radius 1 is 1.12 bits per heavy atom. The van der Waals surface area contributed by atoms with Crippen molar-refractivity contribution in [1.29, 1.82) is 0 Å². The quantitative estimate of drug-likeness (QED) is 0.569. The van der Waals surface area contributed by atoms with Crippen LogP contribution in [0.1, 0.15) is 22.8 Å². The molecule has 0 aliphatic carbocycles. The van der Waals surface area contributed by atoms with Crippen LogP contribution in [0.2, 0.25) is 0 Å². The molecule has 1 aromatic carbocycles. The molecule has 4 aromatic rings. The topological polar surface area (TPSA) is 82.0 Å². The zero-order valence-electron chi connectivity index (χ0n) is 13.8. The first-order valence-electron chi connectivity index (χ1n) is 7.86. The van der Waals surface area contributed by atoms with Gasteiger partial charge < -0.3 is 4.42 Å². The van der Waals surface area contributed by atoms with E-state index in [1.54, 1.807) is 22.7 Å². The number of hydrogen-bond acceptors (Lipinski definition) is 6. The highest BCUT2D eigenvalue weighted by Gasteiger charge is 2.15. The summed E-state index contributed by atoms with van der Waals surface area (Å²) in [5, 5.41) is 12.1. The third-order valence-electron chi connectivity index (χ3n) is 4.15. The van der Waals surface area contributed by atoms with Gasteiger partial charge in [0, 0.05) is 17.8 Å². The van der Waals surface area contributed by atoms with Gasteiger partial charge in [0.25, 0.3) is 11.7 Å². The number of aryl methyl sites for hydroxylation is 3. The predicted octanol–water partition coefficient (Wildman–Crippen LogP) is 2.72. The van der Waals surface area contributed by atoms with Gasteiger partial charge in [0.2, 0.25) is 5.89 Å². The van der Waals surface area contributed by atoms with Crippen LogP contribution in [-0.4, -0.2) is 29.8 Å². The predicted molar refractivity (Wildman–Crippen MR) is 87.4 cm³/mol. The summed E-state index contributed by atoms with van der Waals surface area (Å²) < 4.78 is 21.1. The highest BCUT2D eigenvalue weighted by Crippen LogP contribution is 2.22. The molecule has 8 heteroatoms. The lowest BCUT2D eigenvalue weighted by atomic mass is 10.1. The molecule has 0 aliphatic heterocycles. The van der Waals surface area contributed by atoms with E-state index in [9.17, 15) is 4.39 Å². The van der Waals surface area contributed by atoms with Crippen molar-refractivity contribution in [2.75, 3.05) is 0 Å². The molecule has 126 valence electrons. The molecular weight excluding hydrogens is 323 g/mol. The Morgan fingerprint density at radius 2 is 1.96 bits per heavy atom. The van der Waals surface area contributed by atoms with E-state index in [1.807, 2.05) is 13.8 Å². The van der Waals surface area contributed by atoms with Crippen molar-refractivity contribution in [2.45, 2.75) is 26.7 Å². The van der Waals surface area contributed by atoms with Gasteiger partial charge in [-0.1, -0.05) is 12.1 Å². The molecule has 3 aromatic heterocycles. The van der Waals surface area contributed by atoms with E-state index in [4.69, 9.17) is 4.42 Å². The van der Waals surface area contributed by atoms with Crippen molar-refractivity contribution < 1.29 is 8.81 Å². The van der Waals surface area contributed by atoms with E-state index >= 15 is 0 Å². The second-order valence-corrected chi connectivity index (χ2v) is 5.71. The molecule has 0 amide bonds. The summed E-state index contributed by atoms with van der Waals surface area (Å²) in [5.41, 5.74) is 3.24. The summed E-state index contributed by atoms with van der Waals surface area (Å²) in [5.74, 6) is 0.839. The van der Waals surface area contributed by atoms with Crippen LogP contribution >= 0.6 is 0 Å². The standard InChI is InChI=1S/C17H15FN6O/c1-10-12(11(2)24-17(21-10)19-9-20-24)7-8-15-22-23-16(25-15)13-5-3-4-6-14(13)18/h3-6,9H,7-8H2,1-2H3. The second-order valence-electron chi connectivity index (χ2n) is 5.71. The first-order valence-corrected chi connectivity index (χ1v) is 7.86. The molecule has 0 atom stereocenters. The van der Waals surface area contributed by atoms with Crippen molar-refractivity contribution in [3.63, 3.8) is 0 Å². The second kappa shape index (κ2) is 6.04. The fraction of sp³-hybridized carbons (Fsp3) is 0.235. The summed E-state index contributed by atoms with van der Waals surface area (Å²) in [4.78, 5) is 8.56. The van der Waals surface area contributed by atoms with Crippen LogP contribution in [0.3, 0.4) is 0 Å². The third-order valence-corrected chi connectivity index (χ3v) is 4.15. The smallest absolute Gasteiger partial charge is 0.252 e. The zero-order chi connectivity index (χ0) is 17.4. The van der Waals surface area contributed by atoms with Crippen LogP contribution in [0.5, 0.6) is 0 Å². The number of halogens is 1. The van der Waals surface area contributed by atoms with E-state index in [0.29, 0.717) is 30.1 Å². The summed E-state index contributed by atoms with van der Waals surface area (Å²) in [7, 11) is 0. The van der Waals surface area contributed by atoms with Gasteiger partial charge in [-0.2, -0.15) is 10.1 Å². The van der Waals surface area contributed by atoms with Crippen LogP contribution in [0.15, 0.2) is 35.0 Å². The molecule has 0 spiro atoms. The molecule has 0 saturated heterocycles. The normalized spacial score (nSPS) is 11.3. The van der Waals surface area contributed by atoms with Gasteiger partial charge in [0.1, 0.15) is 12.1 Å². The summed E-state index contributed by atoms with van der Waals surface area (Å²) in [6.07, 6.45) is 2.68. The lowest BCUT2D eigenvalue weighted by Gasteiger charge is -2.09. The minimum absolute atomic E-state index is 0.186. The maximum absolute atomic E-state index is 13.8. The lowest BCUT2D eigenvalue weighted by Crippen LogP contribution is -2.07. The average Bonchev–Trinajstić information content (AvgIpc) is 3.24. The van der Waals surface area contributed by atoms with Crippen LogP contribution in [0, 0.1) is 19.7 Å². The monoisotopic (exact) mass is 338 g/mol. The van der Waals surface area contributed by atoms with Gasteiger partial charge in [0.05, 0.1) is 5.56 Å². The van der Waals surface area contributed by atoms with Crippen molar-refractivity contribution in [1.82, 2.24) is 29.8 Å².